The van der Waals surface area contributed by atoms with Crippen LogP contribution >= 0.6 is 0 Å². The Labute approximate surface area is 124 Å². The first-order valence-corrected chi connectivity index (χ1v) is 6.75. The van der Waals surface area contributed by atoms with Crippen LogP contribution in [0.5, 0.6) is 5.75 Å². The second kappa shape index (κ2) is 5.73. The Kier molecular flexibility index (Phi) is 4.18. The van der Waals surface area contributed by atoms with Crippen molar-refractivity contribution in [3.8, 4) is 5.75 Å². The highest BCUT2D eigenvalue weighted by Crippen LogP contribution is 2.37. The van der Waals surface area contributed by atoms with Crippen LogP contribution in [0, 0.1) is 6.92 Å². The molecule has 0 radical (unpaired) electrons. The smallest absolute Gasteiger partial charge is 0.280 e. The summed E-state index contributed by atoms with van der Waals surface area (Å²) in [6, 6.07) is 5.51. The summed E-state index contributed by atoms with van der Waals surface area (Å²) in [5, 5.41) is 2.65. The van der Waals surface area contributed by atoms with Crippen molar-refractivity contribution >= 4 is 17.5 Å². The second-order valence-corrected chi connectivity index (χ2v) is 5.22. The van der Waals surface area contributed by atoms with Crippen LogP contribution < -0.4 is 15.0 Å². The van der Waals surface area contributed by atoms with Gasteiger partial charge in [-0.2, -0.15) is 0 Å². The zero-order valence-electron chi connectivity index (χ0n) is 12.7. The lowest BCUT2D eigenvalue weighted by atomic mass is 10.00. The second-order valence-electron chi connectivity index (χ2n) is 5.22. The number of benzene rings is 1. The Morgan fingerprint density at radius 3 is 2.86 bits per heavy atom. The van der Waals surface area contributed by atoms with Crippen LogP contribution in [0.25, 0.3) is 0 Å². The highest BCUT2D eigenvalue weighted by molar-refractivity contribution is 6.16. The largest absolute Gasteiger partial charge is 0.466 e. The van der Waals surface area contributed by atoms with E-state index in [2.05, 4.69) is 5.32 Å². The Morgan fingerprint density at radius 2 is 2.19 bits per heavy atom. The Hall–Kier alpha value is -2.08. The molecule has 0 spiro atoms. The zero-order valence-corrected chi connectivity index (χ0v) is 12.7. The van der Waals surface area contributed by atoms with Crippen molar-refractivity contribution < 1.29 is 19.1 Å². The molecule has 0 aromatic heterocycles. The quantitative estimate of drug-likeness (QED) is 0.660. The van der Waals surface area contributed by atoms with E-state index in [0.717, 1.165) is 5.56 Å². The van der Waals surface area contributed by atoms with Gasteiger partial charge in [-0.1, -0.05) is 6.07 Å². The monoisotopic (exact) mass is 292 g/mol. The van der Waals surface area contributed by atoms with Crippen molar-refractivity contribution in [3.05, 3.63) is 23.8 Å². The molecule has 1 aliphatic heterocycles. The number of fused-ring (bicyclic) bond motifs is 1. The van der Waals surface area contributed by atoms with Gasteiger partial charge in [0.25, 0.3) is 17.4 Å². The molecule has 6 heteroatoms. The summed E-state index contributed by atoms with van der Waals surface area (Å²) in [6.45, 7) is 4.12. The van der Waals surface area contributed by atoms with E-state index in [9.17, 15) is 9.59 Å². The summed E-state index contributed by atoms with van der Waals surface area (Å²) in [6.07, 6.45) is 0. The molecule has 0 saturated heterocycles. The average Bonchev–Trinajstić information content (AvgIpc) is 2.46. The van der Waals surface area contributed by atoms with Crippen LogP contribution in [0.2, 0.25) is 0 Å². The maximum Gasteiger partial charge on any atom is 0.280 e. The van der Waals surface area contributed by atoms with Gasteiger partial charge >= 0.3 is 0 Å². The summed E-state index contributed by atoms with van der Waals surface area (Å²) in [5.74, 6) is -0.342. The van der Waals surface area contributed by atoms with Gasteiger partial charge in [-0.05, 0) is 31.5 Å². The predicted octanol–water partition coefficient (Wildman–Crippen LogP) is 0.872. The molecule has 1 unspecified atom stereocenters. The van der Waals surface area contributed by atoms with Gasteiger partial charge in [-0.15, -0.1) is 0 Å². The molecule has 1 N–H and O–H groups in total. The predicted molar refractivity (Wildman–Crippen MR) is 78.5 cm³/mol. The first-order valence-electron chi connectivity index (χ1n) is 6.75. The van der Waals surface area contributed by atoms with E-state index in [-0.39, 0.29) is 0 Å². The standard InChI is InChI=1S/C15H20N2O4/c1-10-5-6-12-11(9-10)17(3)14(19)15(2,21-12)13(18)16-7-8-20-4/h5-6,9H,7-8H2,1-4H3,(H,16,18). The maximum atomic E-state index is 12.5. The molecule has 2 rings (SSSR count). The highest BCUT2D eigenvalue weighted by atomic mass is 16.5. The molecule has 114 valence electrons. The highest BCUT2D eigenvalue weighted by Gasteiger charge is 2.49. The molecule has 1 aromatic carbocycles. The lowest BCUT2D eigenvalue weighted by Gasteiger charge is -2.38. The van der Waals surface area contributed by atoms with Crippen LogP contribution in [0.15, 0.2) is 18.2 Å². The van der Waals surface area contributed by atoms with Gasteiger partial charge in [0.05, 0.1) is 12.3 Å². The number of anilines is 1. The first-order chi connectivity index (χ1) is 9.90. The van der Waals surface area contributed by atoms with E-state index in [0.29, 0.717) is 24.6 Å². The van der Waals surface area contributed by atoms with Crippen LogP contribution in [-0.4, -0.2) is 44.7 Å². The van der Waals surface area contributed by atoms with Crippen molar-refractivity contribution in [2.75, 3.05) is 32.2 Å². The Morgan fingerprint density at radius 1 is 1.48 bits per heavy atom. The molecular weight excluding hydrogens is 272 g/mol. The topological polar surface area (TPSA) is 67.9 Å². The third kappa shape index (κ3) is 2.71. The number of hydrogen-bond donors (Lipinski definition) is 1. The average molecular weight is 292 g/mol. The van der Waals surface area contributed by atoms with E-state index >= 15 is 0 Å². The fourth-order valence-corrected chi connectivity index (χ4v) is 2.25. The van der Waals surface area contributed by atoms with Crippen LogP contribution in [-0.2, 0) is 14.3 Å². The number of methoxy groups -OCH3 is 1. The lowest BCUT2D eigenvalue weighted by molar-refractivity contribution is -0.148. The number of hydrogen-bond acceptors (Lipinski definition) is 4. The SMILES string of the molecule is COCCNC(=O)C1(C)Oc2ccc(C)cc2N(C)C1=O. The summed E-state index contributed by atoms with van der Waals surface area (Å²) < 4.78 is 10.6. The van der Waals surface area contributed by atoms with Crippen molar-refractivity contribution in [1.29, 1.82) is 0 Å². The molecule has 1 aromatic rings. The minimum absolute atomic E-state index is 0.325. The summed E-state index contributed by atoms with van der Waals surface area (Å²) >= 11 is 0. The zero-order chi connectivity index (χ0) is 15.6. The molecule has 0 bridgehead atoms. The molecule has 1 aliphatic rings. The fraction of sp³-hybridized carbons (Fsp3) is 0.467. The number of likely N-dealkylation sites (N-methyl/N-ethyl adjacent to an activating group) is 1. The van der Waals surface area contributed by atoms with Gasteiger partial charge in [0.2, 0.25) is 0 Å². The lowest BCUT2D eigenvalue weighted by Crippen LogP contribution is -2.61. The summed E-state index contributed by atoms with van der Waals surface area (Å²) in [5.41, 5.74) is 0.123. The van der Waals surface area contributed by atoms with E-state index in [4.69, 9.17) is 9.47 Å². The van der Waals surface area contributed by atoms with E-state index in [1.807, 2.05) is 19.1 Å². The van der Waals surface area contributed by atoms with E-state index in [1.165, 1.54) is 11.8 Å². The van der Waals surface area contributed by atoms with Gasteiger partial charge in [-0.25, -0.2) is 0 Å². The number of carbonyl (C=O) groups is 2. The van der Waals surface area contributed by atoms with Gasteiger partial charge in [0, 0.05) is 20.7 Å². The molecule has 6 nitrogen and oxygen atoms in total. The normalized spacial score (nSPS) is 20.8. The summed E-state index contributed by atoms with van der Waals surface area (Å²) in [4.78, 5) is 26.3. The third-order valence-corrected chi connectivity index (χ3v) is 3.53. The maximum absolute atomic E-state index is 12.5. The van der Waals surface area contributed by atoms with Gasteiger partial charge < -0.3 is 19.7 Å². The number of ether oxygens (including phenoxy) is 2. The van der Waals surface area contributed by atoms with Crippen molar-refractivity contribution in [1.82, 2.24) is 5.32 Å². The molecule has 1 atom stereocenters. The molecule has 1 heterocycles. The van der Waals surface area contributed by atoms with Crippen LogP contribution in [0.4, 0.5) is 5.69 Å². The fourth-order valence-electron chi connectivity index (χ4n) is 2.25. The number of nitrogens with zero attached hydrogens (tertiary/aromatic N) is 1. The number of nitrogens with one attached hydrogen (secondary N) is 1. The van der Waals surface area contributed by atoms with Crippen molar-refractivity contribution in [3.63, 3.8) is 0 Å². The Balaban J connectivity index is 2.28. The number of carbonyl (C=O) groups excluding carboxylic acids is 2. The number of aryl methyl sites for hydroxylation is 1. The first kappa shape index (κ1) is 15.3. The minimum Gasteiger partial charge on any atom is -0.466 e. The minimum atomic E-state index is -1.56. The van der Waals surface area contributed by atoms with Gasteiger partial charge in [-0.3, -0.25) is 9.59 Å². The molecule has 0 fully saturated rings. The van der Waals surface area contributed by atoms with Crippen LogP contribution in [0.1, 0.15) is 12.5 Å². The van der Waals surface area contributed by atoms with Crippen molar-refractivity contribution in [2.45, 2.75) is 19.4 Å². The molecule has 0 aliphatic carbocycles. The Bertz CT molecular complexity index is 573. The number of rotatable bonds is 4. The van der Waals surface area contributed by atoms with Crippen molar-refractivity contribution in [2.24, 2.45) is 0 Å². The molecule has 21 heavy (non-hydrogen) atoms. The van der Waals surface area contributed by atoms with Crippen LogP contribution in [0.3, 0.4) is 0 Å². The van der Waals surface area contributed by atoms with E-state index in [1.54, 1.807) is 20.2 Å². The number of amides is 2. The molecule has 0 saturated carbocycles. The van der Waals surface area contributed by atoms with Gasteiger partial charge in [0.15, 0.2) is 0 Å². The molecule has 2 amide bonds. The van der Waals surface area contributed by atoms with E-state index < -0.39 is 17.4 Å². The van der Waals surface area contributed by atoms with Gasteiger partial charge in [0.1, 0.15) is 5.75 Å². The molecular formula is C15H20N2O4. The third-order valence-electron chi connectivity index (χ3n) is 3.53. The summed E-state index contributed by atoms with van der Waals surface area (Å²) in [7, 11) is 3.19.